The quantitative estimate of drug-likeness (QED) is 0.611. The summed E-state index contributed by atoms with van der Waals surface area (Å²) >= 11 is 5.90. The number of nitrogens with zero attached hydrogens (tertiary/aromatic N) is 1. The highest BCUT2D eigenvalue weighted by molar-refractivity contribution is 6.30. The lowest BCUT2D eigenvalue weighted by Crippen LogP contribution is -2.42. The average Bonchev–Trinajstić information content (AvgIpc) is 2.65. The van der Waals surface area contributed by atoms with E-state index in [1.54, 1.807) is 36.4 Å². The van der Waals surface area contributed by atoms with Gasteiger partial charge in [-0.25, -0.2) is 5.10 Å². The van der Waals surface area contributed by atoms with Crippen molar-refractivity contribution in [3.8, 4) is 0 Å². The van der Waals surface area contributed by atoms with Gasteiger partial charge in [-0.05, 0) is 30.2 Å². The van der Waals surface area contributed by atoms with Gasteiger partial charge < -0.3 is 0 Å². The molecule has 3 N–H and O–H groups in total. The number of halogens is 1. The number of rotatable bonds is 4. The number of hydrogen-bond donors (Lipinski definition) is 3. The molecule has 3 rings (SSSR count). The van der Waals surface area contributed by atoms with E-state index in [2.05, 4.69) is 21.0 Å². The number of amides is 2. The molecule has 0 radical (unpaired) electrons. The number of aromatic amines is 1. The molecule has 0 saturated heterocycles. The third-order valence-electron chi connectivity index (χ3n) is 3.76. The highest BCUT2D eigenvalue weighted by atomic mass is 35.5. The third kappa shape index (κ3) is 4.07. The number of hydrogen-bond acceptors (Lipinski definition) is 4. The van der Waals surface area contributed by atoms with Gasteiger partial charge in [0.25, 0.3) is 11.5 Å². The van der Waals surface area contributed by atoms with Crippen LogP contribution in [0.1, 0.15) is 22.5 Å². The summed E-state index contributed by atoms with van der Waals surface area (Å²) < 4.78 is 0. The van der Waals surface area contributed by atoms with Gasteiger partial charge in [0.1, 0.15) is 0 Å². The van der Waals surface area contributed by atoms with Crippen molar-refractivity contribution in [3.05, 3.63) is 75.2 Å². The van der Waals surface area contributed by atoms with Crippen molar-refractivity contribution in [1.29, 1.82) is 0 Å². The van der Waals surface area contributed by atoms with Gasteiger partial charge in [0, 0.05) is 16.8 Å². The molecular formula is C18H15ClN4O3. The van der Waals surface area contributed by atoms with Crippen LogP contribution < -0.4 is 16.4 Å². The molecule has 2 aromatic carbocycles. The van der Waals surface area contributed by atoms with Crippen molar-refractivity contribution in [2.24, 2.45) is 0 Å². The van der Waals surface area contributed by atoms with E-state index in [0.717, 1.165) is 5.56 Å². The molecule has 0 saturated carbocycles. The minimum Gasteiger partial charge on any atom is -0.273 e. The van der Waals surface area contributed by atoms with Crippen LogP contribution in [0.3, 0.4) is 0 Å². The number of H-pyrrole nitrogens is 1. The van der Waals surface area contributed by atoms with Crippen molar-refractivity contribution in [2.75, 3.05) is 0 Å². The molecule has 26 heavy (non-hydrogen) atoms. The van der Waals surface area contributed by atoms with Gasteiger partial charge in [0.2, 0.25) is 5.91 Å². The maximum Gasteiger partial charge on any atom is 0.290 e. The Labute approximate surface area is 153 Å². The lowest BCUT2D eigenvalue weighted by molar-refractivity contribution is -0.121. The number of fused-ring (bicyclic) bond motifs is 1. The number of carbonyl (C=O) groups excluding carboxylic acids is 2. The molecule has 0 spiro atoms. The zero-order valence-corrected chi connectivity index (χ0v) is 14.3. The standard InChI is InChI=1S/C18H15ClN4O3/c19-12-5-3-4-11(10-12)8-9-15(24)20-23-18(26)16-13-6-1-2-7-14(13)17(25)22-21-16/h1-7,10H,8-9H2,(H,20,24)(H,22,25)(H,23,26). The van der Waals surface area contributed by atoms with E-state index >= 15 is 0 Å². The lowest BCUT2D eigenvalue weighted by Gasteiger charge is -2.08. The SMILES string of the molecule is O=C(CCc1cccc(Cl)c1)NNC(=O)c1n[nH]c(=O)c2ccccc12. The molecule has 3 aromatic rings. The molecule has 0 bridgehead atoms. The summed E-state index contributed by atoms with van der Waals surface area (Å²) in [5, 5.41) is 7.40. The van der Waals surface area contributed by atoms with Gasteiger partial charge in [-0.1, -0.05) is 41.9 Å². The van der Waals surface area contributed by atoms with E-state index < -0.39 is 5.91 Å². The molecule has 2 amide bonds. The Balaban J connectivity index is 1.61. The van der Waals surface area contributed by atoms with Gasteiger partial charge in [-0.2, -0.15) is 5.10 Å². The van der Waals surface area contributed by atoms with Crippen molar-refractivity contribution in [1.82, 2.24) is 21.0 Å². The highest BCUT2D eigenvalue weighted by Crippen LogP contribution is 2.13. The minimum absolute atomic E-state index is 0.0235. The van der Waals surface area contributed by atoms with Gasteiger partial charge in [-0.15, -0.1) is 0 Å². The number of aromatic nitrogens is 2. The van der Waals surface area contributed by atoms with Crippen LogP contribution in [0.15, 0.2) is 53.3 Å². The first-order valence-electron chi connectivity index (χ1n) is 7.85. The van der Waals surface area contributed by atoms with Crippen molar-refractivity contribution < 1.29 is 9.59 Å². The summed E-state index contributed by atoms with van der Waals surface area (Å²) in [6.07, 6.45) is 0.669. The fourth-order valence-electron chi connectivity index (χ4n) is 2.49. The first-order chi connectivity index (χ1) is 12.5. The number of nitrogens with one attached hydrogen (secondary N) is 3. The Morgan fingerprint density at radius 3 is 2.58 bits per heavy atom. The second-order valence-electron chi connectivity index (χ2n) is 5.58. The molecule has 0 aliphatic carbocycles. The van der Waals surface area contributed by atoms with E-state index in [1.807, 2.05) is 12.1 Å². The van der Waals surface area contributed by atoms with Crippen molar-refractivity contribution in [2.45, 2.75) is 12.8 Å². The number of carbonyl (C=O) groups is 2. The molecular weight excluding hydrogens is 356 g/mol. The summed E-state index contributed by atoms with van der Waals surface area (Å²) in [6.45, 7) is 0. The van der Waals surface area contributed by atoms with E-state index in [0.29, 0.717) is 22.2 Å². The largest absolute Gasteiger partial charge is 0.290 e. The van der Waals surface area contributed by atoms with Crippen LogP contribution in [-0.2, 0) is 11.2 Å². The van der Waals surface area contributed by atoms with E-state index in [-0.39, 0.29) is 23.6 Å². The van der Waals surface area contributed by atoms with Crippen LogP contribution in [0, 0.1) is 0 Å². The fraction of sp³-hybridized carbons (Fsp3) is 0.111. The molecule has 0 unspecified atom stereocenters. The number of benzene rings is 2. The Morgan fingerprint density at radius 1 is 1.04 bits per heavy atom. The predicted molar refractivity (Wildman–Crippen MR) is 97.7 cm³/mol. The summed E-state index contributed by atoms with van der Waals surface area (Å²) in [7, 11) is 0. The third-order valence-corrected chi connectivity index (χ3v) is 3.99. The van der Waals surface area contributed by atoms with Crippen LogP contribution in [0.5, 0.6) is 0 Å². The normalized spacial score (nSPS) is 10.5. The highest BCUT2D eigenvalue weighted by Gasteiger charge is 2.14. The summed E-state index contributed by atoms with van der Waals surface area (Å²) in [5.74, 6) is -0.972. The predicted octanol–water partition coefficient (Wildman–Crippen LogP) is 1.97. The van der Waals surface area contributed by atoms with Gasteiger partial charge in [0.15, 0.2) is 5.69 Å². The molecule has 0 atom stereocenters. The molecule has 0 aliphatic heterocycles. The van der Waals surface area contributed by atoms with Crippen LogP contribution in [0.2, 0.25) is 5.02 Å². The molecule has 0 fully saturated rings. The minimum atomic E-state index is -0.617. The first-order valence-corrected chi connectivity index (χ1v) is 8.23. The molecule has 132 valence electrons. The monoisotopic (exact) mass is 370 g/mol. The van der Waals surface area contributed by atoms with Crippen LogP contribution in [-0.4, -0.2) is 22.0 Å². The van der Waals surface area contributed by atoms with Crippen molar-refractivity contribution in [3.63, 3.8) is 0 Å². The molecule has 0 aliphatic rings. The molecule has 1 heterocycles. The van der Waals surface area contributed by atoms with Crippen molar-refractivity contribution >= 4 is 34.2 Å². The number of aryl methyl sites for hydroxylation is 1. The summed E-state index contributed by atoms with van der Waals surface area (Å²) in [4.78, 5) is 35.9. The Morgan fingerprint density at radius 2 is 1.81 bits per heavy atom. The number of hydrazine groups is 1. The first kappa shape index (κ1) is 17.6. The lowest BCUT2D eigenvalue weighted by atomic mass is 10.1. The maximum atomic E-state index is 12.3. The second-order valence-corrected chi connectivity index (χ2v) is 6.02. The molecule has 8 heteroatoms. The topological polar surface area (TPSA) is 104 Å². The Kier molecular flexibility index (Phi) is 5.28. The van der Waals surface area contributed by atoms with Crippen LogP contribution in [0.4, 0.5) is 0 Å². The summed E-state index contributed by atoms with van der Waals surface area (Å²) in [5.41, 5.74) is 5.21. The maximum absolute atomic E-state index is 12.3. The Hall–Kier alpha value is -3.19. The smallest absolute Gasteiger partial charge is 0.273 e. The van der Waals surface area contributed by atoms with E-state index in [1.165, 1.54) is 0 Å². The zero-order chi connectivity index (χ0) is 18.5. The summed E-state index contributed by atoms with van der Waals surface area (Å²) in [6, 6.07) is 13.8. The fourth-order valence-corrected chi connectivity index (χ4v) is 2.70. The molecule has 1 aromatic heterocycles. The van der Waals surface area contributed by atoms with Crippen LogP contribution in [0.25, 0.3) is 10.8 Å². The zero-order valence-electron chi connectivity index (χ0n) is 13.6. The van der Waals surface area contributed by atoms with Gasteiger partial charge in [0.05, 0.1) is 5.39 Å². The van der Waals surface area contributed by atoms with E-state index in [4.69, 9.17) is 11.6 Å². The van der Waals surface area contributed by atoms with E-state index in [9.17, 15) is 14.4 Å². The van der Waals surface area contributed by atoms with Gasteiger partial charge >= 0.3 is 0 Å². The second kappa shape index (κ2) is 7.79. The molecule has 7 nitrogen and oxygen atoms in total. The van der Waals surface area contributed by atoms with Crippen LogP contribution >= 0.6 is 11.6 Å². The van der Waals surface area contributed by atoms with Gasteiger partial charge in [-0.3, -0.25) is 25.2 Å². The average molecular weight is 371 g/mol. The Bertz CT molecular complexity index is 1030.